The largest absolute Gasteiger partial charge is 0.444 e. The Morgan fingerprint density at radius 1 is 1.43 bits per heavy atom. The molecule has 0 unspecified atom stereocenters. The van der Waals surface area contributed by atoms with Gasteiger partial charge in [-0.3, -0.25) is 10.00 Å². The lowest BCUT2D eigenvalue weighted by Crippen LogP contribution is -2.27. The van der Waals surface area contributed by atoms with Crippen LogP contribution in [0.4, 0.5) is 16.3 Å². The van der Waals surface area contributed by atoms with Crippen LogP contribution in [0.5, 0.6) is 0 Å². The van der Waals surface area contributed by atoms with Crippen molar-refractivity contribution in [3.63, 3.8) is 0 Å². The van der Waals surface area contributed by atoms with E-state index in [4.69, 9.17) is 16.3 Å². The lowest BCUT2D eigenvalue weighted by atomic mass is 10.2. The Kier molecular flexibility index (Phi) is 5.33. The molecule has 0 radical (unpaired) electrons. The molecule has 0 atom stereocenters. The van der Waals surface area contributed by atoms with Gasteiger partial charge in [0.15, 0.2) is 5.82 Å². The Morgan fingerprint density at radius 3 is 2.78 bits per heavy atom. The zero-order chi connectivity index (χ0) is 17.0. The minimum Gasteiger partial charge on any atom is -0.444 e. The van der Waals surface area contributed by atoms with Gasteiger partial charge in [0.2, 0.25) is 0 Å². The number of anilines is 1. The number of ether oxygens (including phenoxy) is 1. The molecule has 1 aromatic heterocycles. The van der Waals surface area contributed by atoms with Crippen molar-refractivity contribution < 1.29 is 9.53 Å². The summed E-state index contributed by atoms with van der Waals surface area (Å²) < 4.78 is 10.5. The number of benzene rings is 1. The molecule has 0 aliphatic carbocycles. The molecule has 8 heteroatoms. The van der Waals surface area contributed by atoms with Crippen molar-refractivity contribution in [1.29, 1.82) is 0 Å². The molecule has 2 aromatic rings. The Balaban J connectivity index is 2.12. The van der Waals surface area contributed by atoms with Crippen LogP contribution in [0, 0.1) is 0 Å². The standard InChI is InChI=1S/C15H17ClN4O2S/c1-15(2,3)22-14(21)17-11-4-5-12(16)10(8-11)9-20-7-6-13(18-20)19-23/h4-8H,9H2,1-3H3,(H,17,21). The molecule has 2 rings (SSSR count). The van der Waals surface area contributed by atoms with E-state index in [-0.39, 0.29) is 0 Å². The van der Waals surface area contributed by atoms with Crippen molar-refractivity contribution >= 4 is 41.6 Å². The Morgan fingerprint density at radius 2 is 2.17 bits per heavy atom. The van der Waals surface area contributed by atoms with Crippen molar-refractivity contribution in [3.8, 4) is 0 Å². The van der Waals surface area contributed by atoms with Gasteiger partial charge in [-0.1, -0.05) is 11.6 Å². The van der Waals surface area contributed by atoms with Gasteiger partial charge in [0.25, 0.3) is 0 Å². The number of hydrogen-bond donors (Lipinski definition) is 1. The van der Waals surface area contributed by atoms with E-state index in [1.54, 1.807) is 55.9 Å². The molecule has 1 N–H and O–H groups in total. The van der Waals surface area contributed by atoms with Gasteiger partial charge >= 0.3 is 6.09 Å². The highest BCUT2D eigenvalue weighted by Gasteiger charge is 2.16. The van der Waals surface area contributed by atoms with E-state index in [2.05, 4.69) is 27.2 Å². The van der Waals surface area contributed by atoms with Gasteiger partial charge in [-0.05, 0) is 44.5 Å². The second-order valence-corrected chi connectivity index (χ2v) is 6.49. The number of amides is 1. The van der Waals surface area contributed by atoms with E-state index in [0.29, 0.717) is 23.1 Å². The Bertz CT molecular complexity index is 725. The van der Waals surface area contributed by atoms with E-state index in [9.17, 15) is 4.79 Å². The van der Waals surface area contributed by atoms with Gasteiger partial charge in [-0.15, -0.1) is 0 Å². The molecule has 23 heavy (non-hydrogen) atoms. The molecule has 0 saturated heterocycles. The van der Waals surface area contributed by atoms with Crippen LogP contribution in [-0.2, 0) is 23.7 Å². The average molecular weight is 353 g/mol. The van der Waals surface area contributed by atoms with Crippen LogP contribution in [0.1, 0.15) is 26.3 Å². The molecule has 1 amide bonds. The maximum absolute atomic E-state index is 11.8. The molecule has 0 spiro atoms. The lowest BCUT2D eigenvalue weighted by Gasteiger charge is -2.20. The molecular formula is C15H17ClN4O2S. The summed E-state index contributed by atoms with van der Waals surface area (Å²) in [5.74, 6) is 0.471. The van der Waals surface area contributed by atoms with Crippen molar-refractivity contribution in [2.45, 2.75) is 32.9 Å². The summed E-state index contributed by atoms with van der Waals surface area (Å²) in [6.45, 7) is 5.85. The fourth-order valence-corrected chi connectivity index (χ4v) is 2.13. The zero-order valence-electron chi connectivity index (χ0n) is 13.0. The third kappa shape index (κ3) is 5.30. The van der Waals surface area contributed by atoms with E-state index in [1.807, 2.05) is 0 Å². The molecule has 0 aliphatic rings. The number of nitrogens with one attached hydrogen (secondary N) is 1. The highest BCUT2D eigenvalue weighted by molar-refractivity contribution is 7.47. The van der Waals surface area contributed by atoms with Gasteiger partial charge in [0, 0.05) is 35.4 Å². The predicted octanol–water partition coefficient (Wildman–Crippen LogP) is 4.29. The monoisotopic (exact) mass is 352 g/mol. The maximum Gasteiger partial charge on any atom is 0.412 e. The minimum absolute atomic E-state index is 0.438. The number of hydrogen-bond acceptors (Lipinski definition) is 5. The van der Waals surface area contributed by atoms with E-state index >= 15 is 0 Å². The fraction of sp³-hybridized carbons (Fsp3) is 0.333. The zero-order valence-corrected chi connectivity index (χ0v) is 14.6. The summed E-state index contributed by atoms with van der Waals surface area (Å²) in [5.41, 5.74) is 0.844. The molecule has 0 aliphatic heterocycles. The molecule has 1 aromatic carbocycles. The summed E-state index contributed by atoms with van der Waals surface area (Å²) >= 11 is 10.8. The topological polar surface area (TPSA) is 68.5 Å². The number of carbonyl (C=O) groups excluding carboxylic acids is 1. The first kappa shape index (κ1) is 17.4. The summed E-state index contributed by atoms with van der Waals surface area (Å²) in [4.78, 5) is 11.8. The van der Waals surface area contributed by atoms with Gasteiger partial charge in [-0.2, -0.15) is 9.46 Å². The molecular weight excluding hydrogens is 336 g/mol. The van der Waals surface area contributed by atoms with Crippen LogP contribution in [0.2, 0.25) is 5.02 Å². The lowest BCUT2D eigenvalue weighted by molar-refractivity contribution is 0.0636. The summed E-state index contributed by atoms with van der Waals surface area (Å²) in [7, 11) is 0. The number of rotatable bonds is 4. The number of halogens is 1. The smallest absolute Gasteiger partial charge is 0.412 e. The molecule has 1 heterocycles. The molecule has 122 valence electrons. The summed E-state index contributed by atoms with van der Waals surface area (Å²) in [6, 6.07) is 6.91. The van der Waals surface area contributed by atoms with Crippen LogP contribution in [0.15, 0.2) is 34.8 Å². The molecule has 0 fully saturated rings. The maximum atomic E-state index is 11.8. The van der Waals surface area contributed by atoms with Crippen molar-refractivity contribution in [3.05, 3.63) is 41.0 Å². The fourth-order valence-electron chi connectivity index (χ4n) is 1.86. The quantitative estimate of drug-likeness (QED) is 0.891. The number of aromatic nitrogens is 2. The van der Waals surface area contributed by atoms with Gasteiger partial charge < -0.3 is 4.74 Å². The second kappa shape index (κ2) is 7.06. The van der Waals surface area contributed by atoms with E-state index < -0.39 is 11.7 Å². The first-order valence-electron chi connectivity index (χ1n) is 6.92. The predicted molar refractivity (Wildman–Crippen MR) is 92.1 cm³/mol. The van der Waals surface area contributed by atoms with Crippen LogP contribution in [-0.4, -0.2) is 21.5 Å². The van der Waals surface area contributed by atoms with Crippen LogP contribution < -0.4 is 5.32 Å². The average Bonchev–Trinajstić information content (AvgIpc) is 2.88. The molecule has 0 bridgehead atoms. The molecule has 0 saturated carbocycles. The van der Waals surface area contributed by atoms with Crippen LogP contribution in [0.3, 0.4) is 0 Å². The number of carbonyl (C=O) groups is 1. The van der Waals surface area contributed by atoms with Crippen molar-refractivity contribution in [1.82, 2.24) is 9.78 Å². The highest BCUT2D eigenvalue weighted by Crippen LogP contribution is 2.22. The van der Waals surface area contributed by atoms with Crippen LogP contribution >= 0.6 is 11.6 Å². The number of nitrogens with zero attached hydrogens (tertiary/aromatic N) is 3. The third-order valence-corrected chi connectivity index (χ3v) is 3.30. The van der Waals surface area contributed by atoms with Gasteiger partial charge in [0.1, 0.15) is 5.60 Å². The van der Waals surface area contributed by atoms with E-state index in [0.717, 1.165) is 5.56 Å². The van der Waals surface area contributed by atoms with Gasteiger partial charge in [0.05, 0.1) is 6.54 Å². The minimum atomic E-state index is -0.557. The first-order valence-corrected chi connectivity index (χ1v) is 7.66. The third-order valence-electron chi connectivity index (χ3n) is 2.74. The Hall–Kier alpha value is -1.99. The van der Waals surface area contributed by atoms with Crippen molar-refractivity contribution in [2.24, 2.45) is 4.36 Å². The normalized spacial score (nSPS) is 11.1. The van der Waals surface area contributed by atoms with Crippen molar-refractivity contribution in [2.75, 3.05) is 5.32 Å². The first-order chi connectivity index (χ1) is 10.8. The van der Waals surface area contributed by atoms with Gasteiger partial charge in [-0.25, -0.2) is 4.79 Å². The summed E-state index contributed by atoms with van der Waals surface area (Å²) in [5, 5.41) is 7.44. The summed E-state index contributed by atoms with van der Waals surface area (Å²) in [6.07, 6.45) is 1.24. The highest BCUT2D eigenvalue weighted by atomic mass is 35.5. The Labute approximate surface area is 145 Å². The second-order valence-electron chi connectivity index (χ2n) is 5.90. The molecule has 6 nitrogen and oxygen atoms in total. The van der Waals surface area contributed by atoms with E-state index in [1.165, 1.54) is 0 Å². The van der Waals surface area contributed by atoms with Crippen LogP contribution in [0.25, 0.3) is 0 Å². The SMILES string of the molecule is CC(C)(C)OC(=O)Nc1ccc(Cl)c(Cn2ccc(N=S)n2)c1.